The van der Waals surface area contributed by atoms with Gasteiger partial charge in [0, 0.05) is 11.2 Å². The van der Waals surface area contributed by atoms with Gasteiger partial charge in [0.2, 0.25) is 5.91 Å². The van der Waals surface area contributed by atoms with Crippen molar-refractivity contribution in [3.63, 3.8) is 0 Å². The molecule has 0 aromatic heterocycles. The maximum absolute atomic E-state index is 12.6. The normalized spacial score (nSPS) is 28.9. The number of benzene rings is 2. The van der Waals surface area contributed by atoms with Gasteiger partial charge < -0.3 is 16.0 Å². The molecule has 0 unspecified atom stereocenters. The monoisotopic (exact) mass is 403 g/mol. The number of para-hydroxylation sites is 3. The Kier molecular flexibility index (Phi) is 4.96. The van der Waals surface area contributed by atoms with Gasteiger partial charge in [-0.2, -0.15) is 0 Å². The van der Waals surface area contributed by atoms with Crippen LogP contribution in [-0.2, 0) is 4.79 Å². The number of hydrogen-bond acceptors (Lipinski definition) is 3. The van der Waals surface area contributed by atoms with E-state index in [1.807, 2.05) is 38.1 Å². The van der Waals surface area contributed by atoms with Gasteiger partial charge in [-0.05, 0) is 93.4 Å². The van der Waals surface area contributed by atoms with E-state index in [9.17, 15) is 4.79 Å². The maximum atomic E-state index is 12.6. The highest BCUT2D eigenvalue weighted by Crippen LogP contribution is 2.56. The third-order valence-electron chi connectivity index (χ3n) is 7.55. The summed E-state index contributed by atoms with van der Waals surface area (Å²) in [6.07, 6.45) is 8.25. The Bertz CT molecular complexity index is 896. The molecule has 4 aliphatic carbocycles. The van der Waals surface area contributed by atoms with Gasteiger partial charge in [0.05, 0.1) is 17.9 Å². The Hall–Kier alpha value is -2.49. The van der Waals surface area contributed by atoms with Crippen LogP contribution in [0.3, 0.4) is 0 Å². The first-order valence-corrected chi connectivity index (χ1v) is 11.5. The zero-order valence-electron chi connectivity index (χ0n) is 18.1. The maximum Gasteiger partial charge on any atom is 0.243 e. The highest BCUT2D eigenvalue weighted by Gasteiger charge is 2.51. The smallest absolute Gasteiger partial charge is 0.243 e. The summed E-state index contributed by atoms with van der Waals surface area (Å²) in [6.45, 7) is 4.31. The van der Waals surface area contributed by atoms with Crippen LogP contribution in [0.15, 0.2) is 42.5 Å². The second kappa shape index (κ2) is 7.64. The van der Waals surface area contributed by atoms with Crippen LogP contribution in [0.5, 0.6) is 0 Å². The lowest BCUT2D eigenvalue weighted by atomic mass is 9.53. The molecule has 4 nitrogen and oxygen atoms in total. The molecule has 4 aliphatic rings. The molecule has 0 spiro atoms. The lowest BCUT2D eigenvalue weighted by Crippen LogP contribution is -2.54. The van der Waals surface area contributed by atoms with E-state index in [2.05, 4.69) is 34.1 Å². The van der Waals surface area contributed by atoms with E-state index < -0.39 is 0 Å². The summed E-state index contributed by atoms with van der Waals surface area (Å²) in [5.74, 6) is 2.71. The van der Waals surface area contributed by atoms with Crippen LogP contribution in [0.25, 0.3) is 0 Å². The Labute approximate surface area is 179 Å². The van der Waals surface area contributed by atoms with Crippen LogP contribution < -0.4 is 16.0 Å². The number of aryl methyl sites for hydroxylation is 2. The van der Waals surface area contributed by atoms with Gasteiger partial charge >= 0.3 is 0 Å². The molecule has 3 N–H and O–H groups in total. The van der Waals surface area contributed by atoms with E-state index in [0.29, 0.717) is 0 Å². The van der Waals surface area contributed by atoms with E-state index in [4.69, 9.17) is 0 Å². The third kappa shape index (κ3) is 3.80. The van der Waals surface area contributed by atoms with Gasteiger partial charge in [0.1, 0.15) is 0 Å². The molecule has 2 aromatic rings. The molecule has 0 atom stereocenters. The fraction of sp³-hybridized carbons (Fsp3) is 0.500. The van der Waals surface area contributed by atoms with Crippen molar-refractivity contribution in [1.29, 1.82) is 0 Å². The highest BCUT2D eigenvalue weighted by atomic mass is 16.1. The van der Waals surface area contributed by atoms with E-state index in [1.54, 1.807) is 0 Å². The molecule has 4 heteroatoms. The zero-order chi connectivity index (χ0) is 20.7. The van der Waals surface area contributed by atoms with Crippen LogP contribution in [0.2, 0.25) is 0 Å². The number of rotatable bonds is 6. The topological polar surface area (TPSA) is 53.2 Å². The van der Waals surface area contributed by atoms with Gasteiger partial charge in [0.15, 0.2) is 0 Å². The first-order valence-electron chi connectivity index (χ1n) is 11.5. The van der Waals surface area contributed by atoms with Crippen molar-refractivity contribution in [1.82, 2.24) is 0 Å². The quantitative estimate of drug-likeness (QED) is 0.577. The van der Waals surface area contributed by atoms with Crippen LogP contribution >= 0.6 is 0 Å². The second-order valence-electron chi connectivity index (χ2n) is 10.0. The molecule has 158 valence electrons. The molecule has 30 heavy (non-hydrogen) atoms. The zero-order valence-corrected chi connectivity index (χ0v) is 18.1. The van der Waals surface area contributed by atoms with Crippen LogP contribution in [0, 0.1) is 31.6 Å². The molecule has 0 saturated heterocycles. The molecule has 0 radical (unpaired) electrons. The summed E-state index contributed by atoms with van der Waals surface area (Å²) >= 11 is 0. The van der Waals surface area contributed by atoms with Crippen LogP contribution in [0.1, 0.15) is 49.7 Å². The molecule has 0 aliphatic heterocycles. The van der Waals surface area contributed by atoms with Crippen molar-refractivity contribution >= 4 is 23.0 Å². The average Bonchev–Trinajstić information content (AvgIpc) is 2.69. The predicted molar refractivity (Wildman–Crippen MR) is 124 cm³/mol. The number of nitrogens with one attached hydrogen (secondary N) is 3. The summed E-state index contributed by atoms with van der Waals surface area (Å²) in [7, 11) is 0. The summed E-state index contributed by atoms with van der Waals surface area (Å²) in [6, 6.07) is 14.4. The van der Waals surface area contributed by atoms with Crippen molar-refractivity contribution < 1.29 is 4.79 Å². The van der Waals surface area contributed by atoms with Crippen molar-refractivity contribution in [2.45, 2.75) is 57.9 Å². The van der Waals surface area contributed by atoms with E-state index in [0.717, 1.165) is 45.9 Å². The van der Waals surface area contributed by atoms with Crippen molar-refractivity contribution in [2.24, 2.45) is 17.8 Å². The Balaban J connectivity index is 1.26. The van der Waals surface area contributed by atoms with E-state index in [1.165, 1.54) is 38.5 Å². The largest absolute Gasteiger partial charge is 0.378 e. The fourth-order valence-electron chi connectivity index (χ4n) is 6.67. The van der Waals surface area contributed by atoms with Crippen LogP contribution in [-0.4, -0.2) is 18.0 Å². The Morgan fingerprint density at radius 1 is 0.867 bits per heavy atom. The molecule has 4 bridgehead atoms. The first kappa shape index (κ1) is 19.5. The molecule has 4 fully saturated rings. The summed E-state index contributed by atoms with van der Waals surface area (Å²) in [5, 5.41) is 10.4. The minimum atomic E-state index is -0.0167. The fourth-order valence-corrected chi connectivity index (χ4v) is 6.67. The summed E-state index contributed by atoms with van der Waals surface area (Å²) in [5.41, 5.74) is 5.51. The third-order valence-corrected chi connectivity index (χ3v) is 7.55. The number of hydrogen-bond donors (Lipinski definition) is 3. The SMILES string of the molecule is Cc1cccc(C)c1NC(=O)CNc1ccccc1NC12CC3CC(CC(C3)C1)C2. The number of carbonyl (C=O) groups is 1. The average molecular weight is 404 g/mol. The van der Waals surface area contributed by atoms with Gasteiger partial charge in [-0.3, -0.25) is 4.79 Å². The van der Waals surface area contributed by atoms with Gasteiger partial charge in [-0.1, -0.05) is 30.3 Å². The van der Waals surface area contributed by atoms with Gasteiger partial charge in [0.25, 0.3) is 0 Å². The second-order valence-corrected chi connectivity index (χ2v) is 10.0. The lowest BCUT2D eigenvalue weighted by molar-refractivity contribution is -0.114. The highest BCUT2D eigenvalue weighted by molar-refractivity contribution is 5.95. The first-order chi connectivity index (χ1) is 14.5. The van der Waals surface area contributed by atoms with Gasteiger partial charge in [-0.15, -0.1) is 0 Å². The number of amides is 1. The summed E-state index contributed by atoms with van der Waals surface area (Å²) in [4.78, 5) is 12.6. The number of carbonyl (C=O) groups excluding carboxylic acids is 1. The Morgan fingerprint density at radius 2 is 1.43 bits per heavy atom. The number of anilines is 3. The van der Waals surface area contributed by atoms with Crippen LogP contribution in [0.4, 0.5) is 17.1 Å². The van der Waals surface area contributed by atoms with Crippen molar-refractivity contribution in [3.05, 3.63) is 53.6 Å². The molecule has 6 rings (SSSR count). The molecule has 4 saturated carbocycles. The minimum absolute atomic E-state index is 0.0167. The van der Waals surface area contributed by atoms with Gasteiger partial charge in [-0.25, -0.2) is 0 Å². The lowest BCUT2D eigenvalue weighted by Gasteiger charge is -2.57. The van der Waals surface area contributed by atoms with Crippen molar-refractivity contribution in [3.8, 4) is 0 Å². The standard InChI is InChI=1S/C26H33N3O/c1-17-6-5-7-18(2)25(17)28-24(30)16-27-22-8-3-4-9-23(22)29-26-13-19-10-20(14-26)12-21(11-19)15-26/h3-9,19-21,27,29H,10-16H2,1-2H3,(H,28,30). The van der Waals surface area contributed by atoms with E-state index >= 15 is 0 Å². The predicted octanol–water partition coefficient (Wildman–Crippen LogP) is 5.73. The Morgan fingerprint density at radius 3 is 2.03 bits per heavy atom. The van der Waals surface area contributed by atoms with E-state index in [-0.39, 0.29) is 18.0 Å². The molecular weight excluding hydrogens is 370 g/mol. The molecule has 1 amide bonds. The molecule has 0 heterocycles. The summed E-state index contributed by atoms with van der Waals surface area (Å²) < 4.78 is 0. The minimum Gasteiger partial charge on any atom is -0.378 e. The molecule has 2 aromatic carbocycles. The molecular formula is C26H33N3O. The van der Waals surface area contributed by atoms with Crippen molar-refractivity contribution in [2.75, 3.05) is 22.5 Å².